The molecule has 5 aromatic carbocycles. The van der Waals surface area contributed by atoms with E-state index in [0.717, 1.165) is 0 Å². The number of rotatable bonds is 6. The van der Waals surface area contributed by atoms with Crippen LogP contribution in [0.25, 0.3) is 21.9 Å². The van der Waals surface area contributed by atoms with Crippen molar-refractivity contribution in [2.24, 2.45) is 0 Å². The van der Waals surface area contributed by atoms with Gasteiger partial charge in [0, 0.05) is 11.5 Å². The zero-order chi connectivity index (χ0) is 34.8. The second kappa shape index (κ2) is 11.9. The molecule has 0 aromatic heterocycles. The first-order chi connectivity index (χ1) is 22.0. The van der Waals surface area contributed by atoms with Crippen LogP contribution in [0.4, 0.5) is 70.2 Å². The predicted molar refractivity (Wildman–Crippen MR) is 128 cm³/mol. The lowest BCUT2D eigenvalue weighted by Crippen LogP contribution is -2.45. The van der Waals surface area contributed by atoms with Crippen molar-refractivity contribution in [1.82, 2.24) is 0 Å². The highest BCUT2D eigenvalue weighted by atomic mass is 19.2. The van der Waals surface area contributed by atoms with Crippen molar-refractivity contribution in [3.8, 4) is 22.6 Å². The van der Waals surface area contributed by atoms with E-state index in [9.17, 15) is 61.5 Å². The van der Waals surface area contributed by atoms with Crippen LogP contribution in [0.3, 0.4) is 0 Å². The van der Waals surface area contributed by atoms with E-state index >= 15 is 8.78 Å². The molecule has 0 aliphatic heterocycles. The first-order valence-corrected chi connectivity index (χ1v) is 12.1. The van der Waals surface area contributed by atoms with Crippen molar-refractivity contribution in [3.63, 3.8) is 0 Å². The Hall–Kier alpha value is -5.10. The molecule has 0 unspecified atom stereocenters. The zero-order valence-corrected chi connectivity index (χ0v) is 21.8. The van der Waals surface area contributed by atoms with E-state index in [4.69, 9.17) is 9.31 Å². The molecule has 0 saturated heterocycles. The fourth-order valence-corrected chi connectivity index (χ4v) is 4.34. The Balaban J connectivity index is 1.83. The maximum absolute atomic E-state index is 15.2. The van der Waals surface area contributed by atoms with Crippen molar-refractivity contribution >= 4 is 23.4 Å². The van der Waals surface area contributed by atoms with Crippen molar-refractivity contribution in [2.45, 2.75) is 0 Å². The molecule has 0 spiro atoms. The van der Waals surface area contributed by atoms with Crippen molar-refractivity contribution in [1.29, 1.82) is 0 Å². The summed E-state index contributed by atoms with van der Waals surface area (Å²) in [4.78, 5) is 0. The molecule has 47 heavy (non-hydrogen) atoms. The molecule has 0 bridgehead atoms. The van der Waals surface area contributed by atoms with Crippen LogP contribution in [-0.4, -0.2) is 7.12 Å². The summed E-state index contributed by atoms with van der Waals surface area (Å²) in [7, 11) is -3.18. The Bertz CT molecular complexity index is 2110. The van der Waals surface area contributed by atoms with E-state index in [-0.39, 0.29) is 24.3 Å². The van der Waals surface area contributed by atoms with Gasteiger partial charge in [-0.3, -0.25) is 0 Å². The van der Waals surface area contributed by atoms with Crippen LogP contribution < -0.4 is 14.8 Å². The predicted octanol–water partition coefficient (Wildman–Crippen LogP) is 8.59. The highest BCUT2D eigenvalue weighted by Gasteiger charge is 2.40. The van der Waals surface area contributed by atoms with E-state index in [1.807, 2.05) is 0 Å². The van der Waals surface area contributed by atoms with Crippen LogP contribution in [0.2, 0.25) is 0 Å². The summed E-state index contributed by atoms with van der Waals surface area (Å²) in [5, 5.41) is -2.50. The van der Waals surface area contributed by atoms with Gasteiger partial charge in [0.05, 0.1) is 22.0 Å². The molecule has 0 aliphatic carbocycles. The molecule has 0 N–H and O–H groups in total. The lowest BCUT2D eigenvalue weighted by Gasteiger charge is -2.22. The largest absolute Gasteiger partial charge is 0.636 e. The Kier molecular flexibility index (Phi) is 8.44. The van der Waals surface area contributed by atoms with Crippen molar-refractivity contribution in [2.75, 3.05) is 0 Å². The van der Waals surface area contributed by atoms with Gasteiger partial charge in [-0.25, -0.2) is 65.9 Å². The fraction of sp³-hybridized carbons (Fsp3) is 0. The lowest BCUT2D eigenvalue weighted by molar-refractivity contribution is 0.366. The third kappa shape index (κ3) is 5.32. The Morgan fingerprint density at radius 2 is 0.915 bits per heavy atom. The summed E-state index contributed by atoms with van der Waals surface area (Å²) in [5.41, 5.74) is -6.53. The fourth-order valence-electron chi connectivity index (χ4n) is 4.34. The van der Waals surface area contributed by atoms with E-state index in [0.29, 0.717) is 6.07 Å². The Morgan fingerprint density at radius 1 is 0.404 bits per heavy atom. The van der Waals surface area contributed by atoms with Crippen LogP contribution in [0.1, 0.15) is 0 Å². The van der Waals surface area contributed by atoms with E-state index in [1.165, 1.54) is 0 Å². The maximum atomic E-state index is 15.2. The van der Waals surface area contributed by atoms with Crippen LogP contribution >= 0.6 is 0 Å². The van der Waals surface area contributed by atoms with Gasteiger partial charge >= 0.3 is 7.12 Å². The van der Waals surface area contributed by atoms with Crippen molar-refractivity contribution in [3.05, 3.63) is 123 Å². The quantitative estimate of drug-likeness (QED) is 0.0771. The molecule has 0 aliphatic rings. The molecular formula is C28H5BF16O2. The van der Waals surface area contributed by atoms with E-state index in [1.54, 1.807) is 0 Å². The first-order valence-electron chi connectivity index (χ1n) is 12.1. The van der Waals surface area contributed by atoms with E-state index < -0.39 is 139 Å². The molecule has 0 atom stereocenters. The van der Waals surface area contributed by atoms with E-state index in [2.05, 4.69) is 0 Å². The highest BCUT2D eigenvalue weighted by molar-refractivity contribution is 6.63. The van der Waals surface area contributed by atoms with Crippen LogP contribution in [0.15, 0.2) is 30.3 Å². The molecule has 0 saturated carbocycles. The smallest absolute Gasteiger partial charge is 0.521 e. The van der Waals surface area contributed by atoms with Gasteiger partial charge in [0.1, 0.15) is 17.4 Å². The summed E-state index contributed by atoms with van der Waals surface area (Å²) < 4.78 is 240. The second-order valence-electron chi connectivity index (χ2n) is 9.22. The first kappa shape index (κ1) is 33.3. The topological polar surface area (TPSA) is 18.5 Å². The van der Waals surface area contributed by atoms with Gasteiger partial charge < -0.3 is 9.31 Å². The minimum Gasteiger partial charge on any atom is -0.521 e. The molecule has 0 amide bonds. The summed E-state index contributed by atoms with van der Waals surface area (Å²) in [6.07, 6.45) is 0. The molecule has 2 nitrogen and oxygen atoms in total. The summed E-state index contributed by atoms with van der Waals surface area (Å²) >= 11 is 0. The minimum atomic E-state index is -3.18. The molecule has 0 fully saturated rings. The molecule has 5 aromatic rings. The van der Waals surface area contributed by atoms with Gasteiger partial charge in [-0.1, -0.05) is 0 Å². The average molecular weight is 688 g/mol. The molecule has 0 radical (unpaired) electrons. The Labute approximate surface area is 249 Å². The third-order valence-electron chi connectivity index (χ3n) is 6.47. The van der Waals surface area contributed by atoms with Gasteiger partial charge in [-0.15, -0.1) is 0 Å². The highest BCUT2D eigenvalue weighted by Crippen LogP contribution is 2.43. The molecule has 19 heteroatoms. The second-order valence-corrected chi connectivity index (χ2v) is 9.22. The molecule has 0 heterocycles. The van der Waals surface area contributed by atoms with Gasteiger partial charge in [-0.05, 0) is 24.3 Å². The Morgan fingerprint density at radius 3 is 1.51 bits per heavy atom. The van der Waals surface area contributed by atoms with Gasteiger partial charge in [0.25, 0.3) is 0 Å². The number of benzene rings is 5. The molecule has 5 rings (SSSR count). The number of hydrogen-bond acceptors (Lipinski definition) is 2. The van der Waals surface area contributed by atoms with Gasteiger partial charge in [0.15, 0.2) is 69.7 Å². The summed E-state index contributed by atoms with van der Waals surface area (Å²) in [5.74, 6) is -43.6. The van der Waals surface area contributed by atoms with Gasteiger partial charge in [-0.2, -0.15) is 4.39 Å². The van der Waals surface area contributed by atoms with Gasteiger partial charge in [0.2, 0.25) is 17.5 Å². The number of fused-ring (bicyclic) bond motifs is 1. The zero-order valence-electron chi connectivity index (χ0n) is 21.8. The lowest BCUT2D eigenvalue weighted by atomic mass is 9.77. The normalized spacial score (nSPS) is 11.4. The number of hydrogen-bond donors (Lipinski definition) is 0. The average Bonchev–Trinajstić information content (AvgIpc) is 3.03. The SMILES string of the molecule is Fc1cc(F)c(F)c(B(Oc2c(F)c(F)c(F)c(F)c2-c2c(F)c(F)c(F)c(F)c2F)Oc2ccc(F)c3c(F)c(F)c(F)cc23)c1. The molecular weight excluding hydrogens is 683 g/mol. The molecule has 244 valence electrons. The standard InChI is InChI=1S/C28H5BF16O2/c30-6-3-8(16(34)10(32)4-6)29(46-12-2-1-9(31)13-7(12)5-11(33)17(35)18(13)36)47-28-15(21(39)24(42)26(44)27(28)45)14-19(37)22(40)25(43)23(41)20(14)38/h1-5H. The van der Waals surface area contributed by atoms with Crippen molar-refractivity contribution < 1.29 is 79.6 Å². The van der Waals surface area contributed by atoms with Crippen LogP contribution in [0.5, 0.6) is 11.5 Å². The number of halogens is 16. The minimum absolute atomic E-state index is 0.0260. The third-order valence-corrected chi connectivity index (χ3v) is 6.47. The summed E-state index contributed by atoms with van der Waals surface area (Å²) in [6.45, 7) is 0. The summed E-state index contributed by atoms with van der Waals surface area (Å²) in [6, 6.07) is 0.627. The van der Waals surface area contributed by atoms with Crippen LogP contribution in [0, 0.1) is 93.1 Å². The van der Waals surface area contributed by atoms with Crippen LogP contribution in [-0.2, 0) is 0 Å². The maximum Gasteiger partial charge on any atom is 0.636 e. The monoisotopic (exact) mass is 688 g/mol.